The summed E-state index contributed by atoms with van der Waals surface area (Å²) >= 11 is 0. The zero-order chi connectivity index (χ0) is 9.72. The van der Waals surface area contributed by atoms with Crippen molar-refractivity contribution in [1.82, 2.24) is 5.32 Å². The molecule has 0 aliphatic rings. The van der Waals surface area contributed by atoms with Crippen LogP contribution in [0.1, 0.15) is 13.8 Å². The number of aliphatic hydroxyl groups is 1. The van der Waals surface area contributed by atoms with E-state index in [0.29, 0.717) is 0 Å². The van der Waals surface area contributed by atoms with Crippen LogP contribution in [0.25, 0.3) is 0 Å². The Morgan fingerprint density at radius 2 is 2.00 bits per heavy atom. The molecule has 0 aromatic carbocycles. The topological polar surface area (TPSA) is 75.6 Å². The first-order chi connectivity index (χ1) is 5.49. The molecular formula is C7H13NO4. The highest BCUT2D eigenvalue weighted by Crippen LogP contribution is 1.95. The van der Waals surface area contributed by atoms with Crippen LogP contribution in [0.15, 0.2) is 0 Å². The molecule has 0 saturated carbocycles. The molecule has 0 aliphatic heterocycles. The predicted octanol–water partition coefficient (Wildman–Crippen LogP) is -0.955. The van der Waals surface area contributed by atoms with Crippen molar-refractivity contribution in [1.29, 1.82) is 0 Å². The minimum absolute atomic E-state index is 0.383. The molecule has 0 rings (SSSR count). The first-order valence-electron chi connectivity index (χ1n) is 3.52. The Kier molecular flexibility index (Phi) is 4.28. The van der Waals surface area contributed by atoms with Gasteiger partial charge in [-0.3, -0.25) is 4.79 Å². The zero-order valence-electron chi connectivity index (χ0n) is 7.33. The van der Waals surface area contributed by atoms with E-state index in [0.717, 1.165) is 0 Å². The van der Waals surface area contributed by atoms with Crippen molar-refractivity contribution in [2.45, 2.75) is 26.0 Å². The van der Waals surface area contributed by atoms with Crippen molar-refractivity contribution in [3.05, 3.63) is 0 Å². The molecule has 0 spiro atoms. The van der Waals surface area contributed by atoms with E-state index in [1.807, 2.05) is 0 Å². The Morgan fingerprint density at radius 1 is 1.50 bits per heavy atom. The number of rotatable bonds is 3. The van der Waals surface area contributed by atoms with E-state index < -0.39 is 18.1 Å². The predicted molar refractivity (Wildman–Crippen MR) is 41.3 cm³/mol. The van der Waals surface area contributed by atoms with E-state index in [-0.39, 0.29) is 5.91 Å². The summed E-state index contributed by atoms with van der Waals surface area (Å²) in [6, 6.07) is -0.979. The average Bonchev–Trinajstić information content (AvgIpc) is 1.98. The first kappa shape index (κ1) is 10.9. The van der Waals surface area contributed by atoms with Gasteiger partial charge < -0.3 is 15.2 Å². The molecule has 0 saturated heterocycles. The van der Waals surface area contributed by atoms with E-state index in [1.54, 1.807) is 0 Å². The Morgan fingerprint density at radius 3 is 2.25 bits per heavy atom. The molecule has 0 aromatic heterocycles. The highest BCUT2D eigenvalue weighted by molar-refractivity contribution is 5.83. The standard InChI is InChI=1S/C7H13NO4/c1-4(9)6(7(11)12-3)8-5(2)10/h4,6,9H,1-3H3,(H,8,10)/t4-,6+/m0/s1. The number of hydrogen-bond donors (Lipinski definition) is 2. The summed E-state index contributed by atoms with van der Waals surface area (Å²) in [7, 11) is 1.19. The Bertz CT molecular complexity index is 178. The number of methoxy groups -OCH3 is 1. The van der Waals surface area contributed by atoms with Crippen LogP contribution in [0.3, 0.4) is 0 Å². The summed E-state index contributed by atoms with van der Waals surface area (Å²) in [4.78, 5) is 21.4. The molecule has 0 radical (unpaired) electrons. The van der Waals surface area contributed by atoms with Gasteiger partial charge in [0.15, 0.2) is 6.04 Å². The number of ether oxygens (including phenoxy) is 1. The molecule has 12 heavy (non-hydrogen) atoms. The van der Waals surface area contributed by atoms with Crippen LogP contribution < -0.4 is 5.32 Å². The highest BCUT2D eigenvalue weighted by atomic mass is 16.5. The number of aliphatic hydroxyl groups excluding tert-OH is 1. The van der Waals surface area contributed by atoms with Crippen LogP contribution in [-0.2, 0) is 14.3 Å². The van der Waals surface area contributed by atoms with Crippen LogP contribution in [-0.4, -0.2) is 36.2 Å². The Labute approximate surface area is 70.7 Å². The summed E-state index contributed by atoms with van der Waals surface area (Å²) in [6.45, 7) is 2.66. The molecule has 5 nitrogen and oxygen atoms in total. The largest absolute Gasteiger partial charge is 0.467 e. The molecule has 0 bridgehead atoms. The second-order valence-electron chi connectivity index (χ2n) is 2.44. The normalized spacial score (nSPS) is 14.7. The van der Waals surface area contributed by atoms with Crippen LogP contribution in [0.4, 0.5) is 0 Å². The van der Waals surface area contributed by atoms with Crippen molar-refractivity contribution in [3.8, 4) is 0 Å². The lowest BCUT2D eigenvalue weighted by atomic mass is 10.2. The third-order valence-electron chi connectivity index (χ3n) is 1.30. The lowest BCUT2D eigenvalue weighted by molar-refractivity contribution is -0.147. The Balaban J connectivity index is 4.23. The molecule has 0 fully saturated rings. The van der Waals surface area contributed by atoms with Crippen LogP contribution in [0, 0.1) is 0 Å². The molecule has 2 atom stereocenters. The zero-order valence-corrected chi connectivity index (χ0v) is 7.33. The van der Waals surface area contributed by atoms with Crippen molar-refractivity contribution >= 4 is 11.9 Å². The maximum Gasteiger partial charge on any atom is 0.331 e. The van der Waals surface area contributed by atoms with E-state index in [2.05, 4.69) is 10.1 Å². The van der Waals surface area contributed by atoms with Gasteiger partial charge in [-0.25, -0.2) is 4.79 Å². The van der Waals surface area contributed by atoms with E-state index >= 15 is 0 Å². The van der Waals surface area contributed by atoms with Gasteiger partial charge in [-0.1, -0.05) is 0 Å². The number of esters is 1. The quantitative estimate of drug-likeness (QED) is 0.542. The molecule has 1 amide bonds. The third kappa shape index (κ3) is 3.34. The van der Waals surface area contributed by atoms with E-state index in [1.165, 1.54) is 21.0 Å². The van der Waals surface area contributed by atoms with Crippen LogP contribution >= 0.6 is 0 Å². The third-order valence-corrected chi connectivity index (χ3v) is 1.30. The maximum absolute atomic E-state index is 10.9. The number of nitrogens with one attached hydrogen (secondary N) is 1. The van der Waals surface area contributed by atoms with E-state index in [9.17, 15) is 9.59 Å². The number of carbonyl (C=O) groups excluding carboxylic acids is 2. The number of carbonyl (C=O) groups is 2. The molecule has 0 unspecified atom stereocenters. The van der Waals surface area contributed by atoms with Gasteiger partial charge in [-0.05, 0) is 6.92 Å². The van der Waals surface area contributed by atoms with Gasteiger partial charge in [0.2, 0.25) is 5.91 Å². The fraction of sp³-hybridized carbons (Fsp3) is 0.714. The van der Waals surface area contributed by atoms with Gasteiger partial charge in [0.05, 0.1) is 13.2 Å². The molecule has 70 valence electrons. The van der Waals surface area contributed by atoms with Gasteiger partial charge in [0, 0.05) is 6.92 Å². The summed E-state index contributed by atoms with van der Waals surface area (Å²) in [5, 5.41) is 11.3. The van der Waals surface area contributed by atoms with E-state index in [4.69, 9.17) is 5.11 Å². The molecule has 0 aromatic rings. The van der Waals surface area contributed by atoms with Crippen molar-refractivity contribution < 1.29 is 19.4 Å². The van der Waals surface area contributed by atoms with Gasteiger partial charge in [0.25, 0.3) is 0 Å². The summed E-state index contributed by atoms with van der Waals surface area (Å²) in [5.74, 6) is -1.04. The lowest BCUT2D eigenvalue weighted by Gasteiger charge is -2.17. The van der Waals surface area contributed by atoms with Crippen molar-refractivity contribution in [3.63, 3.8) is 0 Å². The fourth-order valence-electron chi connectivity index (χ4n) is 0.722. The highest BCUT2D eigenvalue weighted by Gasteiger charge is 2.24. The molecule has 2 N–H and O–H groups in total. The smallest absolute Gasteiger partial charge is 0.331 e. The van der Waals surface area contributed by atoms with Gasteiger partial charge in [-0.2, -0.15) is 0 Å². The SMILES string of the molecule is COC(=O)[C@H](NC(C)=O)[C@H](C)O. The maximum atomic E-state index is 10.9. The average molecular weight is 175 g/mol. The summed E-state index contributed by atoms with van der Waals surface area (Å²) in [6.07, 6.45) is -0.957. The Hall–Kier alpha value is -1.10. The first-order valence-corrected chi connectivity index (χ1v) is 3.52. The molecule has 0 heterocycles. The second-order valence-corrected chi connectivity index (χ2v) is 2.44. The fourth-order valence-corrected chi connectivity index (χ4v) is 0.722. The van der Waals surface area contributed by atoms with Crippen LogP contribution in [0.2, 0.25) is 0 Å². The number of amides is 1. The summed E-state index contributed by atoms with van der Waals surface area (Å²) < 4.78 is 4.36. The lowest BCUT2D eigenvalue weighted by Crippen LogP contribution is -2.47. The van der Waals surface area contributed by atoms with Gasteiger partial charge in [-0.15, -0.1) is 0 Å². The molecular weight excluding hydrogens is 162 g/mol. The monoisotopic (exact) mass is 175 g/mol. The number of hydrogen-bond acceptors (Lipinski definition) is 4. The van der Waals surface area contributed by atoms with Crippen molar-refractivity contribution in [2.75, 3.05) is 7.11 Å². The minimum Gasteiger partial charge on any atom is -0.467 e. The summed E-state index contributed by atoms with van der Waals surface area (Å²) in [5.41, 5.74) is 0. The van der Waals surface area contributed by atoms with Gasteiger partial charge >= 0.3 is 5.97 Å². The van der Waals surface area contributed by atoms with Crippen LogP contribution in [0.5, 0.6) is 0 Å². The minimum atomic E-state index is -0.979. The second kappa shape index (κ2) is 4.71. The molecule has 5 heteroatoms. The molecule has 0 aliphatic carbocycles. The van der Waals surface area contributed by atoms with Gasteiger partial charge in [0.1, 0.15) is 0 Å². The van der Waals surface area contributed by atoms with Crippen molar-refractivity contribution in [2.24, 2.45) is 0 Å².